The predicted octanol–water partition coefficient (Wildman–Crippen LogP) is 2.84. The fraction of sp³-hybridized carbons (Fsp3) is 0.333. The summed E-state index contributed by atoms with van der Waals surface area (Å²) in [7, 11) is 1.56. The number of hydrogen-bond donors (Lipinski definition) is 1. The van der Waals surface area contributed by atoms with Crippen LogP contribution in [0.5, 0.6) is 5.75 Å². The highest BCUT2D eigenvalue weighted by molar-refractivity contribution is 6.02. The molecule has 0 unspecified atom stereocenters. The number of carbonyl (C=O) groups is 2. The highest BCUT2D eigenvalue weighted by atomic mass is 16.5. The lowest BCUT2D eigenvalue weighted by molar-refractivity contribution is -0.119. The summed E-state index contributed by atoms with van der Waals surface area (Å²) < 4.78 is 10.3. The first-order valence-corrected chi connectivity index (χ1v) is 7.89. The van der Waals surface area contributed by atoms with Gasteiger partial charge in [-0.2, -0.15) is 0 Å². The van der Waals surface area contributed by atoms with E-state index in [2.05, 4.69) is 5.32 Å². The Morgan fingerprint density at radius 3 is 2.88 bits per heavy atom. The lowest BCUT2D eigenvalue weighted by Gasteiger charge is -2.24. The van der Waals surface area contributed by atoms with Crippen molar-refractivity contribution in [2.45, 2.75) is 25.8 Å². The minimum atomic E-state index is -0.488. The van der Waals surface area contributed by atoms with Crippen molar-refractivity contribution in [1.82, 2.24) is 4.90 Å². The van der Waals surface area contributed by atoms with Crippen LogP contribution in [0.1, 0.15) is 28.8 Å². The van der Waals surface area contributed by atoms with Crippen LogP contribution in [0, 0.1) is 6.92 Å². The van der Waals surface area contributed by atoms with Crippen molar-refractivity contribution in [3.63, 3.8) is 0 Å². The van der Waals surface area contributed by atoms with Crippen LogP contribution < -0.4 is 10.1 Å². The van der Waals surface area contributed by atoms with Crippen LogP contribution in [-0.2, 0) is 4.79 Å². The van der Waals surface area contributed by atoms with Crippen molar-refractivity contribution in [3.05, 3.63) is 47.9 Å². The number of ether oxygens (including phenoxy) is 1. The third-order valence-corrected chi connectivity index (χ3v) is 4.20. The molecule has 1 atom stereocenters. The van der Waals surface area contributed by atoms with E-state index in [4.69, 9.17) is 9.15 Å². The quantitative estimate of drug-likeness (QED) is 0.937. The van der Waals surface area contributed by atoms with Crippen molar-refractivity contribution in [1.29, 1.82) is 0 Å². The van der Waals surface area contributed by atoms with Gasteiger partial charge in [0.15, 0.2) is 0 Å². The van der Waals surface area contributed by atoms with Crippen LogP contribution in [0.2, 0.25) is 0 Å². The first-order valence-electron chi connectivity index (χ1n) is 7.89. The highest BCUT2D eigenvalue weighted by Gasteiger charge is 2.35. The van der Waals surface area contributed by atoms with E-state index in [1.807, 2.05) is 25.1 Å². The van der Waals surface area contributed by atoms with Gasteiger partial charge in [-0.3, -0.25) is 9.59 Å². The Labute approximate surface area is 140 Å². The summed E-state index contributed by atoms with van der Waals surface area (Å²) in [4.78, 5) is 26.8. The van der Waals surface area contributed by atoms with Gasteiger partial charge in [0.2, 0.25) is 5.91 Å². The molecule has 0 radical (unpaired) electrons. The predicted molar refractivity (Wildman–Crippen MR) is 89.1 cm³/mol. The number of likely N-dealkylation sites (tertiary alicyclic amines) is 1. The van der Waals surface area contributed by atoms with Gasteiger partial charge in [-0.25, -0.2) is 0 Å². The molecule has 2 heterocycles. The average molecular weight is 328 g/mol. The van der Waals surface area contributed by atoms with Gasteiger partial charge in [0.25, 0.3) is 5.91 Å². The molecule has 1 N–H and O–H groups in total. The van der Waals surface area contributed by atoms with Gasteiger partial charge < -0.3 is 19.4 Å². The summed E-state index contributed by atoms with van der Waals surface area (Å²) in [5, 5.41) is 2.89. The first kappa shape index (κ1) is 16.1. The summed E-state index contributed by atoms with van der Waals surface area (Å²) in [6.07, 6.45) is 4.30. The minimum absolute atomic E-state index is 0.183. The zero-order valence-corrected chi connectivity index (χ0v) is 13.7. The number of furan rings is 1. The van der Waals surface area contributed by atoms with Crippen LogP contribution >= 0.6 is 0 Å². The number of nitrogens with zero attached hydrogens (tertiary/aromatic N) is 1. The smallest absolute Gasteiger partial charge is 0.257 e. The number of rotatable bonds is 4. The molecule has 126 valence electrons. The summed E-state index contributed by atoms with van der Waals surface area (Å²) in [6, 6.07) is 6.71. The van der Waals surface area contributed by atoms with Crippen molar-refractivity contribution < 1.29 is 18.7 Å². The molecule has 2 amide bonds. The van der Waals surface area contributed by atoms with Gasteiger partial charge in [0, 0.05) is 6.54 Å². The zero-order chi connectivity index (χ0) is 17.1. The van der Waals surface area contributed by atoms with Crippen LogP contribution in [0.3, 0.4) is 0 Å². The average Bonchev–Trinajstić information content (AvgIpc) is 3.26. The Bertz CT molecular complexity index is 739. The molecule has 0 saturated carbocycles. The number of hydrogen-bond acceptors (Lipinski definition) is 4. The maximum absolute atomic E-state index is 12.7. The van der Waals surface area contributed by atoms with Crippen LogP contribution in [0.25, 0.3) is 0 Å². The van der Waals surface area contributed by atoms with Crippen LogP contribution in [0.15, 0.2) is 41.2 Å². The van der Waals surface area contributed by atoms with E-state index in [0.29, 0.717) is 30.0 Å². The van der Waals surface area contributed by atoms with E-state index in [9.17, 15) is 9.59 Å². The molecule has 1 fully saturated rings. The number of carbonyl (C=O) groups excluding carboxylic acids is 2. The molecule has 1 saturated heterocycles. The van der Waals surface area contributed by atoms with Gasteiger partial charge in [-0.1, -0.05) is 6.07 Å². The molecule has 0 aliphatic carbocycles. The Hall–Kier alpha value is -2.76. The number of methoxy groups -OCH3 is 1. The fourth-order valence-corrected chi connectivity index (χ4v) is 2.97. The van der Waals surface area contributed by atoms with E-state index in [1.54, 1.807) is 18.1 Å². The topological polar surface area (TPSA) is 71.8 Å². The number of nitrogens with one attached hydrogen (secondary N) is 1. The maximum Gasteiger partial charge on any atom is 0.257 e. The number of benzene rings is 1. The summed E-state index contributed by atoms with van der Waals surface area (Å²) in [5.74, 6) is 0.213. The molecule has 1 aliphatic heterocycles. The Morgan fingerprint density at radius 2 is 2.17 bits per heavy atom. The first-order chi connectivity index (χ1) is 11.6. The number of anilines is 1. The van der Waals surface area contributed by atoms with Crippen LogP contribution in [0.4, 0.5) is 5.69 Å². The standard InChI is InChI=1S/C18H20N2O4/c1-12-5-6-16(23-2)14(10-12)19-17(21)15-4-3-8-20(15)18(22)13-7-9-24-11-13/h5-7,9-11,15H,3-4,8H2,1-2H3,(H,19,21)/t15-/m0/s1. The SMILES string of the molecule is COc1ccc(C)cc1NC(=O)[C@@H]1CCCN1C(=O)c1ccoc1. The molecule has 3 rings (SSSR count). The third-order valence-electron chi connectivity index (χ3n) is 4.20. The normalized spacial score (nSPS) is 16.9. The molecular formula is C18H20N2O4. The van der Waals surface area contributed by atoms with Gasteiger partial charge in [0.1, 0.15) is 18.1 Å². The molecule has 1 aliphatic rings. The van der Waals surface area contributed by atoms with E-state index >= 15 is 0 Å². The summed E-state index contributed by atoms with van der Waals surface area (Å²) in [5.41, 5.74) is 2.09. The molecule has 6 nitrogen and oxygen atoms in total. The lowest BCUT2D eigenvalue weighted by atomic mass is 10.1. The summed E-state index contributed by atoms with van der Waals surface area (Å²) >= 11 is 0. The second-order valence-electron chi connectivity index (χ2n) is 5.86. The molecule has 0 spiro atoms. The van der Waals surface area contributed by atoms with Gasteiger partial charge in [-0.15, -0.1) is 0 Å². The van der Waals surface area contributed by atoms with Crippen molar-refractivity contribution >= 4 is 17.5 Å². The van der Waals surface area contributed by atoms with Gasteiger partial charge in [0.05, 0.1) is 24.6 Å². The Morgan fingerprint density at radius 1 is 1.33 bits per heavy atom. The monoisotopic (exact) mass is 328 g/mol. The van der Waals surface area contributed by atoms with E-state index in [0.717, 1.165) is 12.0 Å². The van der Waals surface area contributed by atoms with Gasteiger partial charge >= 0.3 is 0 Å². The van der Waals surface area contributed by atoms with Crippen molar-refractivity contribution in [2.75, 3.05) is 19.0 Å². The fourth-order valence-electron chi connectivity index (χ4n) is 2.97. The number of amides is 2. The van der Waals surface area contributed by atoms with E-state index in [-0.39, 0.29) is 11.8 Å². The Balaban J connectivity index is 1.77. The van der Waals surface area contributed by atoms with Crippen molar-refractivity contribution in [3.8, 4) is 5.75 Å². The number of aryl methyl sites for hydroxylation is 1. The summed E-state index contributed by atoms with van der Waals surface area (Å²) in [6.45, 7) is 2.51. The third kappa shape index (κ3) is 3.13. The van der Waals surface area contributed by atoms with E-state index in [1.165, 1.54) is 12.5 Å². The molecule has 1 aromatic carbocycles. The maximum atomic E-state index is 12.7. The Kier molecular flexibility index (Phi) is 4.55. The molecule has 1 aromatic heterocycles. The van der Waals surface area contributed by atoms with Crippen LogP contribution in [-0.4, -0.2) is 36.4 Å². The molecule has 0 bridgehead atoms. The minimum Gasteiger partial charge on any atom is -0.495 e. The second-order valence-corrected chi connectivity index (χ2v) is 5.86. The zero-order valence-electron chi connectivity index (χ0n) is 13.7. The van der Waals surface area contributed by atoms with E-state index < -0.39 is 6.04 Å². The van der Waals surface area contributed by atoms with Crippen molar-refractivity contribution in [2.24, 2.45) is 0 Å². The molecule has 2 aromatic rings. The molecular weight excluding hydrogens is 308 g/mol. The largest absolute Gasteiger partial charge is 0.495 e. The second kappa shape index (κ2) is 6.78. The van der Waals surface area contributed by atoms with Gasteiger partial charge in [-0.05, 0) is 43.5 Å². The lowest BCUT2D eigenvalue weighted by Crippen LogP contribution is -2.43. The molecule has 24 heavy (non-hydrogen) atoms. The highest BCUT2D eigenvalue weighted by Crippen LogP contribution is 2.27. The molecule has 6 heteroatoms.